The number of hydrogen-bond donors (Lipinski definition) is 1. The van der Waals surface area contributed by atoms with Gasteiger partial charge in [-0.2, -0.15) is 0 Å². The fraction of sp³-hybridized carbons (Fsp3) is 0.571. The van der Waals surface area contributed by atoms with E-state index in [0.29, 0.717) is 36.3 Å². The maximum atomic E-state index is 12.6. The number of imide groups is 1. The van der Waals surface area contributed by atoms with E-state index in [1.54, 1.807) is 25.3 Å². The monoisotopic (exact) mass is 387 g/mol. The average Bonchev–Trinajstić information content (AvgIpc) is 2.94. The molecule has 28 heavy (non-hydrogen) atoms. The molecule has 7 nitrogen and oxygen atoms in total. The maximum absolute atomic E-state index is 12.6. The first-order valence-electron chi connectivity index (χ1n) is 10.1. The van der Waals surface area contributed by atoms with Crippen LogP contribution in [0.15, 0.2) is 18.2 Å². The minimum absolute atomic E-state index is 0.150. The number of methoxy groups -OCH3 is 1. The molecule has 0 aliphatic carbocycles. The van der Waals surface area contributed by atoms with Crippen molar-refractivity contribution >= 4 is 17.7 Å². The number of carbonyl (C=O) groups is 3. The minimum atomic E-state index is -0.335. The van der Waals surface area contributed by atoms with Gasteiger partial charge in [-0.05, 0) is 50.4 Å². The van der Waals surface area contributed by atoms with Gasteiger partial charge in [-0.1, -0.05) is 6.92 Å². The van der Waals surface area contributed by atoms with Gasteiger partial charge < -0.3 is 15.0 Å². The second-order valence-corrected chi connectivity index (χ2v) is 7.46. The van der Waals surface area contributed by atoms with Crippen molar-refractivity contribution in [2.75, 3.05) is 39.9 Å². The molecule has 1 N–H and O–H groups in total. The molecule has 2 heterocycles. The average molecular weight is 387 g/mol. The molecule has 1 saturated heterocycles. The first kappa shape index (κ1) is 20.5. The van der Waals surface area contributed by atoms with Crippen molar-refractivity contribution in [2.24, 2.45) is 0 Å². The van der Waals surface area contributed by atoms with Crippen LogP contribution >= 0.6 is 0 Å². The second-order valence-electron chi connectivity index (χ2n) is 7.46. The molecule has 2 aliphatic heterocycles. The van der Waals surface area contributed by atoms with Crippen LogP contribution in [0.25, 0.3) is 0 Å². The van der Waals surface area contributed by atoms with Gasteiger partial charge in [0.25, 0.3) is 17.7 Å². The highest BCUT2D eigenvalue weighted by Gasteiger charge is 2.35. The SMILES string of the molecule is CCCN1CCC(NC(=O)c2ccc3c(c2)C(=O)N(CCCOC)C3=O)CC1. The Balaban J connectivity index is 1.62. The highest BCUT2D eigenvalue weighted by Crippen LogP contribution is 2.24. The lowest BCUT2D eigenvalue weighted by Crippen LogP contribution is -2.44. The van der Waals surface area contributed by atoms with Crippen LogP contribution in [0.4, 0.5) is 0 Å². The van der Waals surface area contributed by atoms with E-state index in [1.807, 2.05) is 0 Å². The molecular formula is C21H29N3O4. The van der Waals surface area contributed by atoms with E-state index in [2.05, 4.69) is 17.1 Å². The summed E-state index contributed by atoms with van der Waals surface area (Å²) in [5.41, 5.74) is 1.11. The summed E-state index contributed by atoms with van der Waals surface area (Å²) in [5.74, 6) is -0.820. The molecule has 1 aromatic carbocycles. The van der Waals surface area contributed by atoms with Gasteiger partial charge in [-0.25, -0.2) is 0 Å². The van der Waals surface area contributed by atoms with Gasteiger partial charge in [0.15, 0.2) is 0 Å². The van der Waals surface area contributed by atoms with E-state index < -0.39 is 0 Å². The van der Waals surface area contributed by atoms with Crippen LogP contribution < -0.4 is 5.32 Å². The number of benzene rings is 1. The van der Waals surface area contributed by atoms with Gasteiger partial charge in [-0.3, -0.25) is 19.3 Å². The second kappa shape index (κ2) is 9.30. The summed E-state index contributed by atoms with van der Waals surface area (Å²) in [7, 11) is 1.58. The predicted molar refractivity (Wildman–Crippen MR) is 106 cm³/mol. The smallest absolute Gasteiger partial charge is 0.261 e. The van der Waals surface area contributed by atoms with Crippen molar-refractivity contribution in [1.29, 1.82) is 0 Å². The fourth-order valence-corrected chi connectivity index (χ4v) is 3.89. The molecule has 1 aromatic rings. The zero-order chi connectivity index (χ0) is 20.1. The van der Waals surface area contributed by atoms with E-state index in [-0.39, 0.29) is 23.8 Å². The van der Waals surface area contributed by atoms with E-state index in [1.165, 1.54) is 4.90 Å². The van der Waals surface area contributed by atoms with E-state index >= 15 is 0 Å². The van der Waals surface area contributed by atoms with Gasteiger partial charge in [-0.15, -0.1) is 0 Å². The van der Waals surface area contributed by atoms with Crippen molar-refractivity contribution in [3.05, 3.63) is 34.9 Å². The molecule has 2 aliphatic rings. The summed E-state index contributed by atoms with van der Waals surface area (Å²) in [4.78, 5) is 41.3. The maximum Gasteiger partial charge on any atom is 0.261 e. The molecule has 1 fully saturated rings. The van der Waals surface area contributed by atoms with Gasteiger partial charge >= 0.3 is 0 Å². The molecule has 0 atom stereocenters. The Morgan fingerprint density at radius 2 is 1.86 bits per heavy atom. The topological polar surface area (TPSA) is 79.0 Å². The summed E-state index contributed by atoms with van der Waals surface area (Å²) in [5, 5.41) is 3.08. The Kier molecular flexibility index (Phi) is 6.80. The number of amides is 3. The summed E-state index contributed by atoms with van der Waals surface area (Å²) < 4.78 is 4.99. The van der Waals surface area contributed by atoms with E-state index in [4.69, 9.17) is 4.74 Å². The summed E-state index contributed by atoms with van der Waals surface area (Å²) in [6.45, 7) is 6.06. The number of fused-ring (bicyclic) bond motifs is 1. The third-order valence-electron chi connectivity index (χ3n) is 5.43. The Labute approximate surface area is 166 Å². The summed E-state index contributed by atoms with van der Waals surface area (Å²) in [6.07, 6.45) is 3.59. The number of hydrogen-bond acceptors (Lipinski definition) is 5. The van der Waals surface area contributed by atoms with Crippen molar-refractivity contribution in [1.82, 2.24) is 15.1 Å². The molecule has 0 spiro atoms. The van der Waals surface area contributed by atoms with Crippen LogP contribution in [0, 0.1) is 0 Å². The van der Waals surface area contributed by atoms with Crippen molar-refractivity contribution < 1.29 is 19.1 Å². The molecule has 0 bridgehead atoms. The highest BCUT2D eigenvalue weighted by molar-refractivity contribution is 6.22. The van der Waals surface area contributed by atoms with Crippen LogP contribution in [-0.2, 0) is 4.74 Å². The first-order chi connectivity index (χ1) is 13.5. The molecule has 3 rings (SSSR count). The molecule has 7 heteroatoms. The Hall–Kier alpha value is -2.25. The molecule has 0 saturated carbocycles. The molecule has 0 radical (unpaired) electrons. The summed E-state index contributed by atoms with van der Waals surface area (Å²) in [6, 6.07) is 4.92. The number of piperidine rings is 1. The lowest BCUT2D eigenvalue weighted by Gasteiger charge is -2.32. The number of rotatable bonds is 8. The first-order valence-corrected chi connectivity index (χ1v) is 10.1. The number of nitrogens with zero attached hydrogens (tertiary/aromatic N) is 2. The fourth-order valence-electron chi connectivity index (χ4n) is 3.89. The largest absolute Gasteiger partial charge is 0.385 e. The van der Waals surface area contributed by atoms with Crippen molar-refractivity contribution in [3.8, 4) is 0 Å². The van der Waals surface area contributed by atoms with Crippen LogP contribution in [0.5, 0.6) is 0 Å². The van der Waals surface area contributed by atoms with Crippen molar-refractivity contribution in [3.63, 3.8) is 0 Å². The highest BCUT2D eigenvalue weighted by atomic mass is 16.5. The van der Waals surface area contributed by atoms with Crippen molar-refractivity contribution in [2.45, 2.75) is 38.6 Å². The Bertz CT molecular complexity index is 741. The van der Waals surface area contributed by atoms with E-state index in [9.17, 15) is 14.4 Å². The van der Waals surface area contributed by atoms with Gasteiger partial charge in [0.2, 0.25) is 0 Å². The standard InChI is InChI=1S/C21H29N3O4/c1-3-9-23-11-7-16(8-12-23)22-19(25)15-5-6-17-18(14-15)21(27)24(20(17)26)10-4-13-28-2/h5-6,14,16H,3-4,7-13H2,1-2H3,(H,22,25). The number of ether oxygens (including phenoxy) is 1. The zero-order valence-corrected chi connectivity index (χ0v) is 16.7. The normalized spacial score (nSPS) is 17.9. The third kappa shape index (κ3) is 4.42. The Morgan fingerprint density at radius 3 is 2.54 bits per heavy atom. The van der Waals surface area contributed by atoms with Gasteiger partial charge in [0.1, 0.15) is 0 Å². The van der Waals surface area contributed by atoms with Crippen LogP contribution in [-0.4, -0.2) is 73.5 Å². The molecule has 3 amide bonds. The Morgan fingerprint density at radius 1 is 1.14 bits per heavy atom. The molecule has 0 aromatic heterocycles. The van der Waals surface area contributed by atoms with E-state index in [0.717, 1.165) is 38.9 Å². The predicted octanol–water partition coefficient (Wildman–Crippen LogP) is 1.92. The van der Waals surface area contributed by atoms with Gasteiger partial charge in [0.05, 0.1) is 11.1 Å². The lowest BCUT2D eigenvalue weighted by molar-refractivity contribution is 0.0638. The number of likely N-dealkylation sites (tertiary alicyclic amines) is 1. The third-order valence-corrected chi connectivity index (χ3v) is 5.43. The molecule has 0 unspecified atom stereocenters. The quantitative estimate of drug-likeness (QED) is 0.545. The molecular weight excluding hydrogens is 358 g/mol. The molecule has 152 valence electrons. The van der Waals surface area contributed by atoms with Crippen LogP contribution in [0.2, 0.25) is 0 Å². The zero-order valence-electron chi connectivity index (χ0n) is 16.7. The van der Waals surface area contributed by atoms with Crippen LogP contribution in [0.3, 0.4) is 0 Å². The lowest BCUT2D eigenvalue weighted by atomic mass is 10.0. The van der Waals surface area contributed by atoms with Gasteiger partial charge in [0, 0.05) is 45.0 Å². The number of carbonyl (C=O) groups excluding carboxylic acids is 3. The summed E-state index contributed by atoms with van der Waals surface area (Å²) >= 11 is 0. The minimum Gasteiger partial charge on any atom is -0.385 e. The number of nitrogens with one attached hydrogen (secondary N) is 1. The van der Waals surface area contributed by atoms with Crippen LogP contribution in [0.1, 0.15) is 63.7 Å².